The molecule has 0 spiro atoms. The number of nitrogens with one attached hydrogen (secondary N) is 2. The average Bonchev–Trinajstić information content (AvgIpc) is 2.64. The zero-order valence-electron chi connectivity index (χ0n) is 14.3. The van der Waals surface area contributed by atoms with E-state index in [1.807, 2.05) is 0 Å². The molecular formula is C18H20FN3O3. The van der Waals surface area contributed by atoms with E-state index in [1.54, 1.807) is 44.4 Å². The topological polar surface area (TPSA) is 72.0 Å². The van der Waals surface area contributed by atoms with Gasteiger partial charge >= 0.3 is 0 Å². The molecule has 2 rings (SSSR count). The van der Waals surface area contributed by atoms with Crippen molar-refractivity contribution in [2.75, 3.05) is 26.1 Å². The largest absolute Gasteiger partial charge is 0.497 e. The summed E-state index contributed by atoms with van der Waals surface area (Å²) in [5, 5.41) is 6.95. The molecule has 0 heterocycles. The maximum absolute atomic E-state index is 13.7. The van der Waals surface area contributed by atoms with Gasteiger partial charge in [-0.15, -0.1) is 0 Å². The van der Waals surface area contributed by atoms with Crippen molar-refractivity contribution in [3.63, 3.8) is 0 Å². The normalized spacial score (nSPS) is 11.0. The van der Waals surface area contributed by atoms with Crippen LogP contribution in [0.25, 0.3) is 0 Å². The van der Waals surface area contributed by atoms with Crippen LogP contribution in [0.2, 0.25) is 0 Å². The smallest absolute Gasteiger partial charge is 0.259 e. The molecule has 0 fully saturated rings. The molecule has 2 N–H and O–H groups in total. The highest BCUT2D eigenvalue weighted by Gasteiger charge is 2.06. The Morgan fingerprint density at radius 1 is 1.12 bits per heavy atom. The van der Waals surface area contributed by atoms with Gasteiger partial charge in [0.15, 0.2) is 11.6 Å². The molecule has 2 aromatic carbocycles. The van der Waals surface area contributed by atoms with E-state index < -0.39 is 5.82 Å². The Bertz CT molecular complexity index is 761. The summed E-state index contributed by atoms with van der Waals surface area (Å²) in [5.41, 5.74) is 4.26. The molecule has 0 aliphatic rings. The van der Waals surface area contributed by atoms with E-state index >= 15 is 0 Å². The van der Waals surface area contributed by atoms with Gasteiger partial charge in [-0.2, -0.15) is 5.10 Å². The first-order valence-electron chi connectivity index (χ1n) is 7.58. The SMILES string of the molecule is COc1ccc(NCC(=O)N/N=C(/C)c2ccc(OC)c(F)c2)cc1. The lowest BCUT2D eigenvalue weighted by Gasteiger charge is -2.07. The van der Waals surface area contributed by atoms with Crippen LogP contribution in [0.5, 0.6) is 11.5 Å². The fourth-order valence-corrected chi connectivity index (χ4v) is 2.03. The molecule has 0 bridgehead atoms. The molecule has 7 heteroatoms. The minimum atomic E-state index is -0.484. The summed E-state index contributed by atoms with van der Waals surface area (Å²) >= 11 is 0. The highest BCUT2D eigenvalue weighted by atomic mass is 19.1. The van der Waals surface area contributed by atoms with Crippen LogP contribution in [-0.4, -0.2) is 32.4 Å². The summed E-state index contributed by atoms with van der Waals surface area (Å²) < 4.78 is 23.6. The number of ether oxygens (including phenoxy) is 2. The van der Waals surface area contributed by atoms with E-state index in [4.69, 9.17) is 9.47 Å². The Hall–Kier alpha value is -3.09. The van der Waals surface area contributed by atoms with Crippen molar-refractivity contribution in [3.8, 4) is 11.5 Å². The number of hydrogen-bond acceptors (Lipinski definition) is 5. The van der Waals surface area contributed by atoms with Gasteiger partial charge in [-0.25, -0.2) is 9.82 Å². The van der Waals surface area contributed by atoms with Crippen LogP contribution in [0.15, 0.2) is 47.6 Å². The molecule has 0 radical (unpaired) electrons. The third-order valence-corrected chi connectivity index (χ3v) is 3.46. The monoisotopic (exact) mass is 345 g/mol. The van der Waals surface area contributed by atoms with Gasteiger partial charge in [0.2, 0.25) is 0 Å². The third-order valence-electron chi connectivity index (χ3n) is 3.46. The molecular weight excluding hydrogens is 325 g/mol. The summed E-state index contributed by atoms with van der Waals surface area (Å²) in [6.07, 6.45) is 0. The van der Waals surface area contributed by atoms with E-state index in [9.17, 15) is 9.18 Å². The predicted molar refractivity (Wildman–Crippen MR) is 94.8 cm³/mol. The number of anilines is 1. The van der Waals surface area contributed by atoms with Crippen molar-refractivity contribution < 1.29 is 18.7 Å². The van der Waals surface area contributed by atoms with Crippen molar-refractivity contribution in [2.45, 2.75) is 6.92 Å². The number of methoxy groups -OCH3 is 2. The standard InChI is InChI=1S/C18H20FN3O3/c1-12(13-4-9-17(25-3)16(19)10-13)21-22-18(23)11-20-14-5-7-15(24-2)8-6-14/h4-10,20H,11H2,1-3H3,(H,22,23)/b21-12-. The Balaban J connectivity index is 1.89. The Labute approximate surface area is 145 Å². The van der Waals surface area contributed by atoms with E-state index in [0.717, 1.165) is 11.4 Å². The lowest BCUT2D eigenvalue weighted by atomic mass is 10.1. The Morgan fingerprint density at radius 2 is 1.84 bits per heavy atom. The summed E-state index contributed by atoms with van der Waals surface area (Å²) in [4.78, 5) is 11.8. The van der Waals surface area contributed by atoms with Crippen LogP contribution < -0.4 is 20.2 Å². The minimum absolute atomic E-state index is 0.0556. The number of carbonyl (C=O) groups is 1. The highest BCUT2D eigenvalue weighted by molar-refractivity contribution is 5.99. The van der Waals surface area contributed by atoms with Gasteiger partial charge < -0.3 is 14.8 Å². The van der Waals surface area contributed by atoms with Crippen LogP contribution in [0.4, 0.5) is 10.1 Å². The molecule has 2 aromatic rings. The van der Waals surface area contributed by atoms with Crippen LogP contribution in [-0.2, 0) is 4.79 Å². The van der Waals surface area contributed by atoms with Crippen molar-refractivity contribution in [3.05, 3.63) is 53.8 Å². The number of nitrogens with zero attached hydrogens (tertiary/aromatic N) is 1. The number of carbonyl (C=O) groups excluding carboxylic acids is 1. The van der Waals surface area contributed by atoms with E-state index in [2.05, 4.69) is 15.8 Å². The number of rotatable bonds is 7. The molecule has 1 amide bonds. The van der Waals surface area contributed by atoms with Crippen LogP contribution >= 0.6 is 0 Å². The van der Waals surface area contributed by atoms with E-state index in [-0.39, 0.29) is 18.2 Å². The summed E-state index contributed by atoms with van der Waals surface area (Å²) in [7, 11) is 2.99. The van der Waals surface area contributed by atoms with Crippen molar-refractivity contribution in [1.29, 1.82) is 0 Å². The minimum Gasteiger partial charge on any atom is -0.497 e. The third kappa shape index (κ3) is 5.20. The van der Waals surface area contributed by atoms with Gasteiger partial charge in [-0.1, -0.05) is 0 Å². The molecule has 0 saturated carbocycles. The second kappa shape index (κ2) is 8.68. The van der Waals surface area contributed by atoms with Crippen molar-refractivity contribution in [1.82, 2.24) is 5.43 Å². The number of halogens is 1. The molecule has 25 heavy (non-hydrogen) atoms. The van der Waals surface area contributed by atoms with Gasteiger partial charge in [-0.3, -0.25) is 4.79 Å². The molecule has 6 nitrogen and oxygen atoms in total. The zero-order chi connectivity index (χ0) is 18.2. The lowest BCUT2D eigenvalue weighted by molar-refractivity contribution is -0.119. The lowest BCUT2D eigenvalue weighted by Crippen LogP contribution is -2.26. The van der Waals surface area contributed by atoms with Gasteiger partial charge in [0, 0.05) is 11.3 Å². The van der Waals surface area contributed by atoms with E-state index in [1.165, 1.54) is 19.2 Å². The van der Waals surface area contributed by atoms with Gasteiger partial charge in [0.05, 0.1) is 26.5 Å². The highest BCUT2D eigenvalue weighted by Crippen LogP contribution is 2.18. The van der Waals surface area contributed by atoms with Crippen LogP contribution in [0, 0.1) is 5.82 Å². The number of hydrogen-bond donors (Lipinski definition) is 2. The quantitative estimate of drug-likeness (QED) is 0.598. The fraction of sp³-hybridized carbons (Fsp3) is 0.222. The zero-order valence-corrected chi connectivity index (χ0v) is 14.3. The molecule has 0 saturated heterocycles. The van der Waals surface area contributed by atoms with E-state index in [0.29, 0.717) is 11.3 Å². The predicted octanol–water partition coefficient (Wildman–Crippen LogP) is 2.80. The molecule has 132 valence electrons. The fourth-order valence-electron chi connectivity index (χ4n) is 2.03. The molecule has 0 atom stereocenters. The van der Waals surface area contributed by atoms with Gasteiger partial charge in [0.25, 0.3) is 5.91 Å². The molecule has 0 aliphatic heterocycles. The van der Waals surface area contributed by atoms with Crippen molar-refractivity contribution >= 4 is 17.3 Å². The first kappa shape index (κ1) is 18.3. The van der Waals surface area contributed by atoms with Crippen molar-refractivity contribution in [2.24, 2.45) is 5.10 Å². The summed E-state index contributed by atoms with van der Waals surface area (Å²) in [5.74, 6) is 0.0948. The van der Waals surface area contributed by atoms with Gasteiger partial charge in [-0.05, 0) is 49.4 Å². The number of benzene rings is 2. The first-order chi connectivity index (χ1) is 12.0. The molecule has 0 aliphatic carbocycles. The number of hydrazone groups is 1. The first-order valence-corrected chi connectivity index (χ1v) is 7.58. The Kier molecular flexibility index (Phi) is 6.33. The second-order valence-electron chi connectivity index (χ2n) is 5.16. The number of amides is 1. The second-order valence-corrected chi connectivity index (χ2v) is 5.16. The molecule has 0 unspecified atom stereocenters. The maximum atomic E-state index is 13.7. The van der Waals surface area contributed by atoms with Crippen LogP contribution in [0.1, 0.15) is 12.5 Å². The Morgan fingerprint density at radius 3 is 2.44 bits per heavy atom. The summed E-state index contributed by atoms with van der Waals surface area (Å²) in [6.45, 7) is 1.73. The molecule has 0 aromatic heterocycles. The average molecular weight is 345 g/mol. The van der Waals surface area contributed by atoms with Gasteiger partial charge in [0.1, 0.15) is 5.75 Å². The van der Waals surface area contributed by atoms with Crippen LogP contribution in [0.3, 0.4) is 0 Å². The summed E-state index contributed by atoms with van der Waals surface area (Å²) in [6, 6.07) is 11.7. The maximum Gasteiger partial charge on any atom is 0.259 e.